The number of hydrogen-bond acceptors (Lipinski definition) is 5. The van der Waals surface area contributed by atoms with E-state index in [2.05, 4.69) is 4.37 Å². The van der Waals surface area contributed by atoms with E-state index in [1.165, 1.54) is 17.6 Å². The van der Waals surface area contributed by atoms with Gasteiger partial charge in [0, 0.05) is 23.4 Å². The molecule has 0 aliphatic heterocycles. The van der Waals surface area contributed by atoms with Gasteiger partial charge in [-0.25, -0.2) is 4.39 Å². The molecular formula is C21H28FNO3S. The summed E-state index contributed by atoms with van der Waals surface area (Å²) in [5.74, 6) is 1.70. The number of benzene rings is 1. The van der Waals surface area contributed by atoms with Gasteiger partial charge in [-0.15, -0.1) is 0 Å². The molecule has 4 nitrogen and oxygen atoms in total. The van der Waals surface area contributed by atoms with Gasteiger partial charge < -0.3 is 14.2 Å². The van der Waals surface area contributed by atoms with Crippen LogP contribution in [0.25, 0.3) is 16.0 Å². The Kier molecular flexibility index (Phi) is 9.58. The summed E-state index contributed by atoms with van der Waals surface area (Å²) in [5, 5.41) is 0. The highest BCUT2D eigenvalue weighted by Gasteiger charge is 2.18. The third-order valence-electron chi connectivity index (χ3n) is 3.80. The quantitative estimate of drug-likeness (QED) is 0.502. The molecular weight excluding hydrogens is 365 g/mol. The maximum atomic E-state index is 13.4. The van der Waals surface area contributed by atoms with Crippen molar-refractivity contribution < 1.29 is 18.6 Å². The number of halogens is 1. The molecule has 0 saturated carbocycles. The van der Waals surface area contributed by atoms with E-state index in [0.29, 0.717) is 23.7 Å². The standard InChI is InChI=1S/C19H22FNO3S.C2H6/c1-6-13(20)8-7-12(2)15-11-21-25-19(15)14-9-17(23-4)18(24-5)10-16(14)22-3;1-2/h7-11H,6H2,1-5H3;1-2H3/b12-7+,13-8+;. The van der Waals surface area contributed by atoms with Crippen LogP contribution in [0.3, 0.4) is 0 Å². The van der Waals surface area contributed by atoms with Crippen molar-refractivity contribution >= 4 is 17.1 Å². The molecule has 1 aromatic carbocycles. The lowest BCUT2D eigenvalue weighted by Gasteiger charge is -2.14. The summed E-state index contributed by atoms with van der Waals surface area (Å²) >= 11 is 1.35. The van der Waals surface area contributed by atoms with E-state index >= 15 is 0 Å². The lowest BCUT2D eigenvalue weighted by Crippen LogP contribution is -1.95. The van der Waals surface area contributed by atoms with Crippen molar-refractivity contribution in [3.05, 3.63) is 41.9 Å². The summed E-state index contributed by atoms with van der Waals surface area (Å²) in [6.45, 7) is 7.71. The summed E-state index contributed by atoms with van der Waals surface area (Å²) in [6, 6.07) is 3.65. The number of rotatable bonds is 7. The highest BCUT2D eigenvalue weighted by atomic mass is 32.1. The summed E-state index contributed by atoms with van der Waals surface area (Å²) in [5.41, 5.74) is 2.70. The summed E-state index contributed by atoms with van der Waals surface area (Å²) < 4.78 is 34.0. The molecule has 0 aliphatic carbocycles. The van der Waals surface area contributed by atoms with E-state index in [4.69, 9.17) is 14.2 Å². The molecule has 0 bridgehead atoms. The third-order valence-corrected chi connectivity index (χ3v) is 4.63. The molecule has 6 heteroatoms. The molecule has 2 rings (SSSR count). The summed E-state index contributed by atoms with van der Waals surface area (Å²) in [4.78, 5) is 0.928. The van der Waals surface area contributed by atoms with Crippen LogP contribution in [0.1, 0.15) is 39.7 Å². The Bertz CT molecular complexity index is 797. The Morgan fingerprint density at radius 1 is 1.04 bits per heavy atom. The van der Waals surface area contributed by atoms with Gasteiger partial charge in [0.15, 0.2) is 11.5 Å². The topological polar surface area (TPSA) is 40.6 Å². The normalized spacial score (nSPS) is 11.6. The van der Waals surface area contributed by atoms with Gasteiger partial charge in [0.2, 0.25) is 0 Å². The zero-order chi connectivity index (χ0) is 20.4. The predicted octanol–water partition coefficient (Wildman–Crippen LogP) is 6.53. The van der Waals surface area contributed by atoms with E-state index in [1.54, 1.807) is 46.6 Å². The van der Waals surface area contributed by atoms with Crippen LogP contribution >= 0.6 is 11.5 Å². The molecule has 27 heavy (non-hydrogen) atoms. The first-order chi connectivity index (χ1) is 13.0. The summed E-state index contributed by atoms with van der Waals surface area (Å²) in [6.07, 6.45) is 5.41. The molecule has 1 aromatic heterocycles. The number of allylic oxidation sites excluding steroid dienone is 4. The van der Waals surface area contributed by atoms with E-state index in [9.17, 15) is 4.39 Å². The second-order valence-electron chi connectivity index (χ2n) is 5.29. The number of hydrogen-bond donors (Lipinski definition) is 0. The van der Waals surface area contributed by atoms with Gasteiger partial charge in [-0.05, 0) is 42.6 Å². The highest BCUT2D eigenvalue weighted by Crippen LogP contribution is 2.43. The first-order valence-electron chi connectivity index (χ1n) is 8.84. The highest BCUT2D eigenvalue weighted by molar-refractivity contribution is 7.10. The van der Waals surface area contributed by atoms with Crippen LogP contribution < -0.4 is 14.2 Å². The average Bonchev–Trinajstić information content (AvgIpc) is 3.21. The maximum absolute atomic E-state index is 13.4. The Morgan fingerprint density at radius 3 is 2.19 bits per heavy atom. The predicted molar refractivity (Wildman–Crippen MR) is 112 cm³/mol. The van der Waals surface area contributed by atoms with Crippen LogP contribution in [-0.4, -0.2) is 25.7 Å². The SMILES string of the molecule is CC.CC/C(F)=C\C=C(/C)c1cnsc1-c1cc(OC)c(OC)cc1OC. The van der Waals surface area contributed by atoms with Crippen LogP contribution in [0.4, 0.5) is 4.39 Å². The minimum atomic E-state index is -0.159. The fourth-order valence-corrected chi connectivity index (χ4v) is 3.18. The Labute approximate surface area is 165 Å². The van der Waals surface area contributed by atoms with Crippen molar-refractivity contribution in [3.8, 4) is 27.7 Å². The first-order valence-corrected chi connectivity index (χ1v) is 9.61. The fraction of sp³-hybridized carbons (Fsp3) is 0.381. The van der Waals surface area contributed by atoms with Gasteiger partial charge in [0.25, 0.3) is 0 Å². The van der Waals surface area contributed by atoms with Gasteiger partial charge in [0.1, 0.15) is 5.75 Å². The zero-order valence-corrected chi connectivity index (χ0v) is 17.9. The van der Waals surface area contributed by atoms with Crippen molar-refractivity contribution in [1.29, 1.82) is 0 Å². The minimum Gasteiger partial charge on any atom is -0.496 e. The molecule has 0 atom stereocenters. The molecule has 0 aliphatic rings. The van der Waals surface area contributed by atoms with Gasteiger partial charge >= 0.3 is 0 Å². The second-order valence-corrected chi connectivity index (χ2v) is 6.09. The summed E-state index contributed by atoms with van der Waals surface area (Å²) in [7, 11) is 4.77. The molecule has 0 radical (unpaired) electrons. The first kappa shape index (κ1) is 22.7. The lowest BCUT2D eigenvalue weighted by atomic mass is 10.0. The number of aromatic nitrogens is 1. The Balaban J connectivity index is 0.00000176. The molecule has 2 aromatic rings. The van der Waals surface area contributed by atoms with Crippen LogP contribution in [-0.2, 0) is 0 Å². The van der Waals surface area contributed by atoms with Crippen molar-refractivity contribution in [1.82, 2.24) is 4.37 Å². The third kappa shape index (κ3) is 5.57. The van der Waals surface area contributed by atoms with E-state index in [0.717, 1.165) is 21.6 Å². The molecule has 0 N–H and O–H groups in total. The maximum Gasteiger partial charge on any atom is 0.164 e. The van der Waals surface area contributed by atoms with Crippen molar-refractivity contribution in [2.24, 2.45) is 0 Å². The van der Waals surface area contributed by atoms with Crippen molar-refractivity contribution in [2.75, 3.05) is 21.3 Å². The smallest absolute Gasteiger partial charge is 0.164 e. The minimum absolute atomic E-state index is 0.159. The Morgan fingerprint density at radius 2 is 1.63 bits per heavy atom. The number of ether oxygens (including phenoxy) is 3. The van der Waals surface area contributed by atoms with Crippen LogP contribution in [0, 0.1) is 0 Å². The zero-order valence-electron chi connectivity index (χ0n) is 17.1. The van der Waals surface area contributed by atoms with Gasteiger partial charge in [0.05, 0.1) is 32.0 Å². The number of methoxy groups -OCH3 is 3. The molecule has 0 amide bonds. The lowest BCUT2D eigenvalue weighted by molar-refractivity contribution is 0.349. The van der Waals surface area contributed by atoms with Gasteiger partial charge in [-0.3, -0.25) is 0 Å². The Hall–Kier alpha value is -2.34. The molecule has 1 heterocycles. The van der Waals surface area contributed by atoms with Crippen molar-refractivity contribution in [2.45, 2.75) is 34.1 Å². The van der Waals surface area contributed by atoms with Crippen LogP contribution in [0.15, 0.2) is 36.3 Å². The monoisotopic (exact) mass is 393 g/mol. The van der Waals surface area contributed by atoms with E-state index < -0.39 is 0 Å². The molecule has 0 saturated heterocycles. The fourth-order valence-electron chi connectivity index (χ4n) is 2.34. The van der Waals surface area contributed by atoms with Crippen LogP contribution in [0.5, 0.6) is 17.2 Å². The van der Waals surface area contributed by atoms with E-state index in [-0.39, 0.29) is 5.83 Å². The van der Waals surface area contributed by atoms with Crippen molar-refractivity contribution in [3.63, 3.8) is 0 Å². The largest absolute Gasteiger partial charge is 0.496 e. The molecule has 0 unspecified atom stereocenters. The van der Waals surface area contributed by atoms with E-state index in [1.807, 2.05) is 26.8 Å². The van der Waals surface area contributed by atoms with Gasteiger partial charge in [-0.2, -0.15) is 4.37 Å². The van der Waals surface area contributed by atoms with Crippen LogP contribution in [0.2, 0.25) is 0 Å². The van der Waals surface area contributed by atoms with Gasteiger partial charge in [-0.1, -0.05) is 26.8 Å². The molecule has 0 spiro atoms. The molecule has 148 valence electrons. The average molecular weight is 394 g/mol. The second kappa shape index (κ2) is 11.4. The molecule has 0 fully saturated rings. The number of nitrogens with zero attached hydrogens (tertiary/aromatic N) is 1.